The molecule has 3 aromatic rings. The molecular weight excluding hydrogens is 292 g/mol. The SMILES string of the molecule is Cc1ccc(CCNc2nc(NCCO)c3ccccc3n2)o1. The Bertz CT molecular complexity index is 785. The molecule has 6 heteroatoms. The summed E-state index contributed by atoms with van der Waals surface area (Å²) in [4.78, 5) is 9.02. The molecule has 3 rings (SSSR count). The number of fused-ring (bicyclic) bond motifs is 1. The minimum Gasteiger partial charge on any atom is -0.466 e. The second kappa shape index (κ2) is 7.11. The summed E-state index contributed by atoms with van der Waals surface area (Å²) in [5.41, 5.74) is 0.860. The van der Waals surface area contributed by atoms with E-state index in [0.717, 1.165) is 34.7 Å². The van der Waals surface area contributed by atoms with Gasteiger partial charge in [-0.25, -0.2) is 4.98 Å². The van der Waals surface area contributed by atoms with Crippen molar-refractivity contribution in [1.29, 1.82) is 0 Å². The van der Waals surface area contributed by atoms with Gasteiger partial charge in [-0.05, 0) is 31.2 Å². The van der Waals surface area contributed by atoms with Gasteiger partial charge in [0, 0.05) is 24.9 Å². The predicted molar refractivity (Wildman–Crippen MR) is 90.8 cm³/mol. The van der Waals surface area contributed by atoms with Crippen LogP contribution in [0.25, 0.3) is 10.9 Å². The summed E-state index contributed by atoms with van der Waals surface area (Å²) in [5, 5.41) is 16.3. The van der Waals surface area contributed by atoms with E-state index in [-0.39, 0.29) is 6.61 Å². The molecule has 1 aromatic carbocycles. The fraction of sp³-hybridized carbons (Fsp3) is 0.294. The number of hydrogen-bond acceptors (Lipinski definition) is 6. The summed E-state index contributed by atoms with van der Waals surface area (Å²) in [6.45, 7) is 3.12. The number of benzene rings is 1. The molecule has 0 saturated carbocycles. The molecule has 0 fully saturated rings. The Kier molecular flexibility index (Phi) is 4.73. The molecule has 0 amide bonds. The number of anilines is 2. The van der Waals surface area contributed by atoms with Gasteiger partial charge in [-0.1, -0.05) is 12.1 Å². The van der Waals surface area contributed by atoms with Crippen molar-refractivity contribution in [3.8, 4) is 0 Å². The summed E-state index contributed by atoms with van der Waals surface area (Å²) < 4.78 is 5.55. The normalized spacial score (nSPS) is 10.9. The van der Waals surface area contributed by atoms with Crippen molar-refractivity contribution in [1.82, 2.24) is 9.97 Å². The molecule has 0 aliphatic heterocycles. The minimum absolute atomic E-state index is 0.0545. The van der Waals surface area contributed by atoms with Crippen LogP contribution in [-0.4, -0.2) is 34.8 Å². The van der Waals surface area contributed by atoms with Gasteiger partial charge in [0.1, 0.15) is 17.3 Å². The van der Waals surface area contributed by atoms with E-state index in [1.165, 1.54) is 0 Å². The number of aliphatic hydroxyl groups excluding tert-OH is 1. The van der Waals surface area contributed by atoms with Crippen LogP contribution >= 0.6 is 0 Å². The van der Waals surface area contributed by atoms with Crippen molar-refractivity contribution in [2.45, 2.75) is 13.3 Å². The quantitative estimate of drug-likeness (QED) is 0.622. The van der Waals surface area contributed by atoms with Crippen LogP contribution in [0.2, 0.25) is 0 Å². The van der Waals surface area contributed by atoms with Crippen LogP contribution in [0.5, 0.6) is 0 Å². The van der Waals surface area contributed by atoms with Gasteiger partial charge in [0.2, 0.25) is 5.95 Å². The van der Waals surface area contributed by atoms with E-state index >= 15 is 0 Å². The van der Waals surface area contributed by atoms with E-state index in [1.54, 1.807) is 0 Å². The molecule has 0 aliphatic carbocycles. The van der Waals surface area contributed by atoms with E-state index in [4.69, 9.17) is 9.52 Å². The van der Waals surface area contributed by atoms with Crippen molar-refractivity contribution >= 4 is 22.7 Å². The topological polar surface area (TPSA) is 83.2 Å². The van der Waals surface area contributed by atoms with Crippen molar-refractivity contribution in [3.05, 3.63) is 47.9 Å². The lowest BCUT2D eigenvalue weighted by atomic mass is 10.2. The summed E-state index contributed by atoms with van der Waals surface area (Å²) in [6, 6.07) is 11.7. The Morgan fingerprint density at radius 3 is 2.70 bits per heavy atom. The minimum atomic E-state index is 0.0545. The smallest absolute Gasteiger partial charge is 0.225 e. The largest absolute Gasteiger partial charge is 0.466 e. The lowest BCUT2D eigenvalue weighted by molar-refractivity contribution is 0.311. The molecule has 0 radical (unpaired) electrons. The first-order valence-electron chi connectivity index (χ1n) is 7.67. The molecule has 0 unspecified atom stereocenters. The van der Waals surface area contributed by atoms with Gasteiger partial charge in [-0.3, -0.25) is 0 Å². The third-order valence-corrected chi connectivity index (χ3v) is 3.46. The van der Waals surface area contributed by atoms with Crippen LogP contribution < -0.4 is 10.6 Å². The zero-order chi connectivity index (χ0) is 16.1. The Balaban J connectivity index is 1.74. The molecular formula is C17H20N4O2. The molecule has 0 aliphatic rings. The van der Waals surface area contributed by atoms with E-state index in [0.29, 0.717) is 19.0 Å². The Morgan fingerprint density at radius 2 is 1.91 bits per heavy atom. The Labute approximate surface area is 134 Å². The van der Waals surface area contributed by atoms with Gasteiger partial charge >= 0.3 is 0 Å². The van der Waals surface area contributed by atoms with E-state index in [9.17, 15) is 0 Å². The van der Waals surface area contributed by atoms with Gasteiger partial charge < -0.3 is 20.2 Å². The summed E-state index contributed by atoms with van der Waals surface area (Å²) in [6.07, 6.45) is 0.767. The van der Waals surface area contributed by atoms with Crippen LogP contribution in [0.3, 0.4) is 0 Å². The number of aliphatic hydroxyl groups is 1. The summed E-state index contributed by atoms with van der Waals surface area (Å²) >= 11 is 0. The number of nitrogens with zero attached hydrogens (tertiary/aromatic N) is 2. The van der Waals surface area contributed by atoms with Gasteiger partial charge in [0.15, 0.2) is 0 Å². The van der Waals surface area contributed by atoms with Crippen LogP contribution in [0, 0.1) is 6.92 Å². The van der Waals surface area contributed by atoms with Gasteiger partial charge in [0.05, 0.1) is 12.1 Å². The average molecular weight is 312 g/mol. The number of hydrogen-bond donors (Lipinski definition) is 3. The van der Waals surface area contributed by atoms with Crippen LogP contribution in [0.15, 0.2) is 40.8 Å². The highest BCUT2D eigenvalue weighted by Gasteiger charge is 2.07. The lowest BCUT2D eigenvalue weighted by Gasteiger charge is -2.10. The zero-order valence-electron chi connectivity index (χ0n) is 13.0. The number of aromatic nitrogens is 2. The number of para-hydroxylation sites is 1. The third-order valence-electron chi connectivity index (χ3n) is 3.46. The molecule has 0 spiro atoms. The molecule has 3 N–H and O–H groups in total. The van der Waals surface area contributed by atoms with Gasteiger partial charge in [-0.15, -0.1) is 0 Å². The highest BCUT2D eigenvalue weighted by Crippen LogP contribution is 2.21. The van der Waals surface area contributed by atoms with Crippen LogP contribution in [0.4, 0.5) is 11.8 Å². The number of aryl methyl sites for hydroxylation is 1. The fourth-order valence-electron chi connectivity index (χ4n) is 2.38. The highest BCUT2D eigenvalue weighted by molar-refractivity contribution is 5.89. The number of nitrogens with one attached hydrogen (secondary N) is 2. The number of rotatable bonds is 7. The first-order chi connectivity index (χ1) is 11.3. The van der Waals surface area contributed by atoms with Crippen LogP contribution in [0.1, 0.15) is 11.5 Å². The second-order valence-electron chi connectivity index (χ2n) is 5.25. The van der Waals surface area contributed by atoms with E-state index < -0.39 is 0 Å². The molecule has 0 saturated heterocycles. The molecule has 2 heterocycles. The van der Waals surface area contributed by atoms with Gasteiger partial charge in [-0.2, -0.15) is 4.98 Å². The predicted octanol–water partition coefficient (Wildman–Crippen LogP) is 2.59. The summed E-state index contributed by atoms with van der Waals surface area (Å²) in [5.74, 6) is 3.14. The molecule has 6 nitrogen and oxygen atoms in total. The first-order valence-corrected chi connectivity index (χ1v) is 7.67. The molecule has 120 valence electrons. The fourth-order valence-corrected chi connectivity index (χ4v) is 2.38. The van der Waals surface area contributed by atoms with Crippen molar-refractivity contribution in [2.75, 3.05) is 30.3 Å². The maximum atomic E-state index is 9.01. The molecule has 0 atom stereocenters. The molecule has 2 aromatic heterocycles. The van der Waals surface area contributed by atoms with Crippen molar-refractivity contribution in [3.63, 3.8) is 0 Å². The zero-order valence-corrected chi connectivity index (χ0v) is 13.0. The maximum Gasteiger partial charge on any atom is 0.225 e. The van der Waals surface area contributed by atoms with E-state index in [1.807, 2.05) is 43.3 Å². The molecule has 0 bridgehead atoms. The first kappa shape index (κ1) is 15.3. The standard InChI is InChI=1S/C17H20N4O2/c1-12-6-7-13(23-12)8-9-19-17-20-15-5-3-2-4-14(15)16(21-17)18-10-11-22/h2-7,22H,8-11H2,1H3,(H2,18,19,20,21). The van der Waals surface area contributed by atoms with E-state index in [2.05, 4.69) is 20.6 Å². The van der Waals surface area contributed by atoms with Crippen molar-refractivity contribution < 1.29 is 9.52 Å². The highest BCUT2D eigenvalue weighted by atomic mass is 16.3. The second-order valence-corrected chi connectivity index (χ2v) is 5.25. The lowest BCUT2D eigenvalue weighted by Crippen LogP contribution is -2.12. The van der Waals surface area contributed by atoms with Gasteiger partial charge in [0.25, 0.3) is 0 Å². The van der Waals surface area contributed by atoms with Crippen molar-refractivity contribution in [2.24, 2.45) is 0 Å². The maximum absolute atomic E-state index is 9.01. The number of furan rings is 1. The molecule has 23 heavy (non-hydrogen) atoms. The Hall–Kier alpha value is -2.60. The van der Waals surface area contributed by atoms with Crippen LogP contribution in [-0.2, 0) is 6.42 Å². The summed E-state index contributed by atoms with van der Waals surface area (Å²) in [7, 11) is 0. The Morgan fingerprint density at radius 1 is 1.04 bits per heavy atom. The third kappa shape index (κ3) is 3.78. The average Bonchev–Trinajstić information content (AvgIpc) is 2.98. The monoisotopic (exact) mass is 312 g/mol.